The molecule has 0 saturated carbocycles. The minimum Gasteiger partial charge on any atom is -0.479 e. The second-order valence-electron chi connectivity index (χ2n) is 6.01. The number of benzene rings is 1. The van der Waals surface area contributed by atoms with Crippen molar-refractivity contribution in [3.63, 3.8) is 0 Å². The van der Waals surface area contributed by atoms with Crippen LogP contribution < -0.4 is 4.90 Å². The van der Waals surface area contributed by atoms with E-state index in [2.05, 4.69) is 0 Å². The standard InChI is InChI=1S/C16H16F2N2O5/c17-10-4-11(18)6-12(5-10)20-7-9(3-14(20)21)15(22)19-1-2-25-13(8-19)16(23)24/h4-6,9,13H,1-3,7-8H2,(H,23,24). The molecule has 9 heteroatoms. The fourth-order valence-electron chi connectivity index (χ4n) is 3.07. The van der Waals surface area contributed by atoms with Crippen molar-refractivity contribution < 1.29 is 33.0 Å². The molecule has 0 radical (unpaired) electrons. The normalized spacial score (nSPS) is 23.8. The average Bonchev–Trinajstić information content (AvgIpc) is 2.95. The van der Waals surface area contributed by atoms with Crippen molar-refractivity contribution >= 4 is 23.5 Å². The lowest BCUT2D eigenvalue weighted by atomic mass is 10.1. The molecular weight excluding hydrogens is 338 g/mol. The molecule has 2 atom stereocenters. The predicted octanol–water partition coefficient (Wildman–Crippen LogP) is 0.630. The maximum absolute atomic E-state index is 13.4. The smallest absolute Gasteiger partial charge is 0.334 e. The number of carboxylic acid groups (broad SMARTS) is 1. The Hall–Kier alpha value is -2.55. The van der Waals surface area contributed by atoms with Gasteiger partial charge in [-0.25, -0.2) is 13.6 Å². The summed E-state index contributed by atoms with van der Waals surface area (Å²) < 4.78 is 31.8. The van der Waals surface area contributed by atoms with Gasteiger partial charge in [0.15, 0.2) is 6.10 Å². The van der Waals surface area contributed by atoms with Gasteiger partial charge in [0.25, 0.3) is 0 Å². The Kier molecular flexibility index (Phi) is 4.67. The summed E-state index contributed by atoms with van der Waals surface area (Å²) in [6.07, 6.45) is -1.19. The molecule has 1 aromatic carbocycles. The van der Waals surface area contributed by atoms with Gasteiger partial charge >= 0.3 is 5.97 Å². The number of carbonyl (C=O) groups is 3. The highest BCUT2D eigenvalue weighted by molar-refractivity contribution is 6.00. The van der Waals surface area contributed by atoms with Crippen molar-refractivity contribution in [2.45, 2.75) is 12.5 Å². The van der Waals surface area contributed by atoms with Gasteiger partial charge in [-0.3, -0.25) is 9.59 Å². The van der Waals surface area contributed by atoms with Crippen LogP contribution in [0.3, 0.4) is 0 Å². The summed E-state index contributed by atoms with van der Waals surface area (Å²) in [4.78, 5) is 38.3. The van der Waals surface area contributed by atoms with Crippen LogP contribution in [-0.4, -0.2) is 60.1 Å². The Bertz CT molecular complexity index is 706. The number of amides is 2. The van der Waals surface area contributed by atoms with E-state index in [9.17, 15) is 23.2 Å². The molecular formula is C16H16F2N2O5. The largest absolute Gasteiger partial charge is 0.479 e. The van der Waals surface area contributed by atoms with Crippen molar-refractivity contribution in [2.24, 2.45) is 5.92 Å². The number of hydrogen-bond donors (Lipinski definition) is 1. The Labute approximate surface area is 141 Å². The Morgan fingerprint density at radius 2 is 1.84 bits per heavy atom. The monoisotopic (exact) mass is 354 g/mol. The molecule has 2 saturated heterocycles. The number of morpholine rings is 1. The third-order valence-corrected chi connectivity index (χ3v) is 4.29. The highest BCUT2D eigenvalue weighted by atomic mass is 19.1. The first-order valence-corrected chi connectivity index (χ1v) is 7.75. The minimum absolute atomic E-state index is 0.00431. The Morgan fingerprint density at radius 3 is 2.48 bits per heavy atom. The lowest BCUT2D eigenvalue weighted by Crippen LogP contribution is -2.50. The number of aliphatic carboxylic acids is 1. The van der Waals surface area contributed by atoms with Gasteiger partial charge in [0.1, 0.15) is 11.6 Å². The van der Waals surface area contributed by atoms with Gasteiger partial charge in [-0.1, -0.05) is 0 Å². The summed E-state index contributed by atoms with van der Waals surface area (Å²) in [5, 5.41) is 8.99. The minimum atomic E-state index is -1.16. The van der Waals surface area contributed by atoms with Crippen molar-refractivity contribution in [1.82, 2.24) is 4.90 Å². The third kappa shape index (κ3) is 3.60. The van der Waals surface area contributed by atoms with Crippen molar-refractivity contribution in [2.75, 3.05) is 31.1 Å². The second-order valence-corrected chi connectivity index (χ2v) is 6.01. The predicted molar refractivity (Wildman–Crippen MR) is 80.8 cm³/mol. The molecule has 1 aromatic rings. The highest BCUT2D eigenvalue weighted by Gasteiger charge is 2.39. The van der Waals surface area contributed by atoms with E-state index in [0.717, 1.165) is 12.1 Å². The first-order chi connectivity index (χ1) is 11.8. The van der Waals surface area contributed by atoms with Crippen molar-refractivity contribution in [3.8, 4) is 0 Å². The van der Waals surface area contributed by atoms with E-state index >= 15 is 0 Å². The van der Waals surface area contributed by atoms with Crippen LogP contribution in [-0.2, 0) is 19.1 Å². The third-order valence-electron chi connectivity index (χ3n) is 4.29. The van der Waals surface area contributed by atoms with E-state index in [1.165, 1.54) is 9.80 Å². The summed E-state index contributed by atoms with van der Waals surface area (Å²) in [5.74, 6) is -4.23. The lowest BCUT2D eigenvalue weighted by Gasteiger charge is -2.32. The Morgan fingerprint density at radius 1 is 1.16 bits per heavy atom. The molecule has 2 heterocycles. The summed E-state index contributed by atoms with van der Waals surface area (Å²) in [7, 11) is 0. The number of halogens is 2. The van der Waals surface area contributed by atoms with E-state index < -0.39 is 35.5 Å². The molecule has 0 aliphatic carbocycles. The Balaban J connectivity index is 1.71. The van der Waals surface area contributed by atoms with Crippen LogP contribution in [0.4, 0.5) is 14.5 Å². The first kappa shape index (κ1) is 17.3. The molecule has 7 nitrogen and oxygen atoms in total. The molecule has 0 bridgehead atoms. The van der Waals surface area contributed by atoms with Crippen LogP contribution in [0.5, 0.6) is 0 Å². The number of carboxylic acids is 1. The summed E-state index contributed by atoms with van der Waals surface area (Å²) >= 11 is 0. The number of rotatable bonds is 3. The summed E-state index contributed by atoms with van der Waals surface area (Å²) in [5.41, 5.74) is 0.0585. The molecule has 25 heavy (non-hydrogen) atoms. The molecule has 2 amide bonds. The van der Waals surface area contributed by atoms with Crippen LogP contribution in [0.2, 0.25) is 0 Å². The number of carbonyl (C=O) groups excluding carboxylic acids is 2. The number of anilines is 1. The summed E-state index contributed by atoms with van der Waals surface area (Å²) in [6, 6.07) is 2.76. The average molecular weight is 354 g/mol. The number of ether oxygens (including phenoxy) is 1. The zero-order valence-corrected chi connectivity index (χ0v) is 13.2. The molecule has 0 aromatic heterocycles. The van der Waals surface area contributed by atoms with E-state index in [4.69, 9.17) is 9.84 Å². The van der Waals surface area contributed by atoms with Crippen LogP contribution >= 0.6 is 0 Å². The number of hydrogen-bond acceptors (Lipinski definition) is 4. The van der Waals surface area contributed by atoms with Crippen LogP contribution in [0.25, 0.3) is 0 Å². The molecule has 134 valence electrons. The maximum Gasteiger partial charge on any atom is 0.334 e. The second kappa shape index (κ2) is 6.75. The number of nitrogens with zero attached hydrogens (tertiary/aromatic N) is 2. The molecule has 0 spiro atoms. The van der Waals surface area contributed by atoms with Gasteiger partial charge in [-0.2, -0.15) is 0 Å². The lowest BCUT2D eigenvalue weighted by molar-refractivity contribution is -0.160. The van der Waals surface area contributed by atoms with Crippen LogP contribution in [0.1, 0.15) is 6.42 Å². The van der Waals surface area contributed by atoms with E-state index in [-0.39, 0.29) is 44.3 Å². The van der Waals surface area contributed by atoms with Crippen LogP contribution in [0, 0.1) is 17.6 Å². The fourth-order valence-corrected chi connectivity index (χ4v) is 3.07. The van der Waals surface area contributed by atoms with Crippen molar-refractivity contribution in [3.05, 3.63) is 29.8 Å². The molecule has 2 fully saturated rings. The maximum atomic E-state index is 13.4. The molecule has 2 aliphatic rings. The van der Waals surface area contributed by atoms with Gasteiger partial charge in [0.05, 0.1) is 19.1 Å². The quantitative estimate of drug-likeness (QED) is 0.860. The van der Waals surface area contributed by atoms with Gasteiger partial charge in [-0.15, -0.1) is 0 Å². The van der Waals surface area contributed by atoms with E-state index in [1.807, 2.05) is 0 Å². The summed E-state index contributed by atoms with van der Waals surface area (Å²) in [6.45, 7) is 0.243. The zero-order chi connectivity index (χ0) is 18.1. The van der Waals surface area contributed by atoms with Gasteiger partial charge < -0.3 is 19.6 Å². The van der Waals surface area contributed by atoms with Crippen molar-refractivity contribution in [1.29, 1.82) is 0 Å². The van der Waals surface area contributed by atoms with E-state index in [1.54, 1.807) is 0 Å². The molecule has 2 aliphatic heterocycles. The molecule has 2 unspecified atom stereocenters. The SMILES string of the molecule is O=C(O)C1CN(C(=O)C2CC(=O)N(c3cc(F)cc(F)c3)C2)CCO1. The molecule has 1 N–H and O–H groups in total. The van der Waals surface area contributed by atoms with E-state index in [0.29, 0.717) is 6.07 Å². The van der Waals surface area contributed by atoms with Gasteiger partial charge in [0, 0.05) is 31.3 Å². The topological polar surface area (TPSA) is 87.2 Å². The van der Waals surface area contributed by atoms with Gasteiger partial charge in [0.2, 0.25) is 11.8 Å². The highest BCUT2D eigenvalue weighted by Crippen LogP contribution is 2.28. The fraction of sp³-hybridized carbons (Fsp3) is 0.438. The first-order valence-electron chi connectivity index (χ1n) is 7.75. The van der Waals surface area contributed by atoms with Crippen LogP contribution in [0.15, 0.2) is 18.2 Å². The zero-order valence-electron chi connectivity index (χ0n) is 13.2. The van der Waals surface area contributed by atoms with Gasteiger partial charge in [-0.05, 0) is 12.1 Å². The molecule has 3 rings (SSSR count).